The summed E-state index contributed by atoms with van der Waals surface area (Å²) >= 11 is 0. The van der Waals surface area contributed by atoms with Gasteiger partial charge in [-0.25, -0.2) is 14.7 Å². The summed E-state index contributed by atoms with van der Waals surface area (Å²) in [6.07, 6.45) is -3.05. The third-order valence-electron chi connectivity index (χ3n) is 4.23. The number of aryl methyl sites for hydroxylation is 1. The fourth-order valence-electron chi connectivity index (χ4n) is 2.57. The smallest absolute Gasteiger partial charge is 0.487 e. The lowest BCUT2D eigenvalue weighted by Crippen LogP contribution is -2.49. The minimum absolute atomic E-state index is 0.251. The highest BCUT2D eigenvalue weighted by atomic mass is 19.4. The van der Waals surface area contributed by atoms with Crippen LogP contribution in [0.4, 0.5) is 30.7 Å². The van der Waals surface area contributed by atoms with Crippen LogP contribution in [-0.2, 0) is 11.2 Å². The molecule has 0 fully saturated rings. The molecule has 11 heteroatoms. The molecule has 2 aromatic rings. The van der Waals surface area contributed by atoms with Crippen molar-refractivity contribution in [3.8, 4) is 17.1 Å². The summed E-state index contributed by atoms with van der Waals surface area (Å²) in [4.78, 5) is 8.47. The van der Waals surface area contributed by atoms with Crippen molar-refractivity contribution in [3.05, 3.63) is 42.2 Å². The van der Waals surface area contributed by atoms with Crippen LogP contribution in [0.5, 0.6) is 5.75 Å². The van der Waals surface area contributed by atoms with Crippen molar-refractivity contribution in [2.45, 2.75) is 57.4 Å². The molecule has 0 aliphatic rings. The number of hydrogen-bond acceptors (Lipinski definition) is 4. The van der Waals surface area contributed by atoms with Gasteiger partial charge in [0.2, 0.25) is 0 Å². The molecule has 1 aromatic carbocycles. The molecule has 0 amide bonds. The average molecular weight is 454 g/mol. The number of alkyl halides is 7. The molecule has 1 heterocycles. The van der Waals surface area contributed by atoms with E-state index in [-0.39, 0.29) is 5.75 Å². The summed E-state index contributed by atoms with van der Waals surface area (Å²) in [5.41, 5.74) is 1.49. The highest BCUT2D eigenvalue weighted by Gasteiger charge is 2.63. The number of aromatic nitrogens is 2. The number of rotatable bonds is 11. The Balaban J connectivity index is 1.94. The Labute approximate surface area is 174 Å². The highest BCUT2D eigenvalue weighted by molar-refractivity contribution is 5.55. The van der Waals surface area contributed by atoms with Gasteiger partial charge in [-0.1, -0.05) is 26.2 Å². The Morgan fingerprint density at radius 2 is 1.45 bits per heavy atom. The molecular weight excluding hydrogens is 433 g/mol. The molecule has 0 spiro atoms. The van der Waals surface area contributed by atoms with E-state index in [2.05, 4.69) is 26.4 Å². The lowest BCUT2D eigenvalue weighted by Gasteiger charge is -2.26. The van der Waals surface area contributed by atoms with Crippen molar-refractivity contribution >= 4 is 0 Å². The fourth-order valence-corrected chi connectivity index (χ4v) is 2.57. The molecule has 0 saturated heterocycles. The van der Waals surface area contributed by atoms with E-state index in [1.54, 1.807) is 12.4 Å². The zero-order chi connectivity index (χ0) is 23.1. The van der Waals surface area contributed by atoms with Crippen LogP contribution < -0.4 is 4.74 Å². The van der Waals surface area contributed by atoms with E-state index in [9.17, 15) is 30.7 Å². The normalized spacial score (nSPS) is 12.8. The molecule has 0 aliphatic carbocycles. The lowest BCUT2D eigenvalue weighted by atomic mass is 10.1. The van der Waals surface area contributed by atoms with Gasteiger partial charge in [0.05, 0.1) is 0 Å². The monoisotopic (exact) mass is 454 g/mol. The minimum Gasteiger partial charge on any atom is -0.487 e. The van der Waals surface area contributed by atoms with Gasteiger partial charge in [-0.3, -0.25) is 0 Å². The van der Waals surface area contributed by atoms with Crippen molar-refractivity contribution in [1.82, 2.24) is 9.97 Å². The van der Waals surface area contributed by atoms with Crippen molar-refractivity contribution in [1.29, 1.82) is 0 Å². The van der Waals surface area contributed by atoms with Gasteiger partial charge in [0.15, 0.2) is 12.4 Å². The summed E-state index contributed by atoms with van der Waals surface area (Å²) in [6, 6.07) is 5.20. The number of nitrogens with zero attached hydrogens (tertiary/aromatic N) is 2. The molecule has 0 bridgehead atoms. The highest BCUT2D eigenvalue weighted by Crippen LogP contribution is 2.40. The van der Waals surface area contributed by atoms with E-state index in [1.807, 2.05) is 0 Å². The molecular formula is C20H21F7N2O2. The van der Waals surface area contributed by atoms with Crippen LogP contribution in [0.2, 0.25) is 0 Å². The van der Waals surface area contributed by atoms with Crippen molar-refractivity contribution in [3.63, 3.8) is 0 Å². The third-order valence-corrected chi connectivity index (χ3v) is 4.23. The Bertz CT molecular complexity index is 810. The average Bonchev–Trinajstić information content (AvgIpc) is 2.69. The summed E-state index contributed by atoms with van der Waals surface area (Å²) in [6.45, 7) is 0.107. The third kappa shape index (κ3) is 7.64. The molecule has 2 rings (SSSR count). The molecule has 0 radical (unpaired) electrons. The SMILES string of the molecule is CCCCCCc1cnc(-c2ccc(OCC(F)(F)C(F)(F)OC(F)(F)F)cc2)nc1. The first-order valence-corrected chi connectivity index (χ1v) is 9.50. The van der Waals surface area contributed by atoms with E-state index in [1.165, 1.54) is 24.3 Å². The van der Waals surface area contributed by atoms with E-state index in [0.717, 1.165) is 37.7 Å². The van der Waals surface area contributed by atoms with Gasteiger partial charge < -0.3 is 4.74 Å². The van der Waals surface area contributed by atoms with Crippen LogP contribution in [0.25, 0.3) is 11.4 Å². The first-order valence-electron chi connectivity index (χ1n) is 9.50. The maximum atomic E-state index is 13.4. The number of halogens is 7. The molecule has 0 aliphatic heterocycles. The van der Waals surface area contributed by atoms with Crippen LogP contribution in [0.15, 0.2) is 36.7 Å². The van der Waals surface area contributed by atoms with Gasteiger partial charge in [-0.05, 0) is 42.7 Å². The van der Waals surface area contributed by atoms with Crippen molar-refractivity contribution in [2.24, 2.45) is 0 Å². The quantitative estimate of drug-likeness (QED) is 0.291. The summed E-state index contributed by atoms with van der Waals surface area (Å²) in [7, 11) is 0. The van der Waals surface area contributed by atoms with Crippen molar-refractivity contribution in [2.75, 3.05) is 6.61 Å². The Morgan fingerprint density at radius 1 is 0.839 bits per heavy atom. The maximum Gasteiger partial charge on any atom is 0.527 e. The molecule has 4 nitrogen and oxygen atoms in total. The summed E-state index contributed by atoms with van der Waals surface area (Å²) < 4.78 is 95.3. The molecule has 31 heavy (non-hydrogen) atoms. The van der Waals surface area contributed by atoms with Crippen molar-refractivity contribution < 1.29 is 40.2 Å². The number of unbranched alkanes of at least 4 members (excludes halogenated alkanes) is 3. The molecule has 0 unspecified atom stereocenters. The van der Waals surface area contributed by atoms with Crippen LogP contribution in [0.3, 0.4) is 0 Å². The van der Waals surface area contributed by atoms with Gasteiger partial charge in [0.1, 0.15) is 5.75 Å². The molecule has 1 aromatic heterocycles. The Hall–Kier alpha value is -2.43. The number of ether oxygens (including phenoxy) is 2. The van der Waals surface area contributed by atoms with E-state index in [0.29, 0.717) is 11.4 Å². The van der Waals surface area contributed by atoms with Gasteiger partial charge in [-0.15, -0.1) is 13.2 Å². The van der Waals surface area contributed by atoms with Gasteiger partial charge in [0, 0.05) is 18.0 Å². The van der Waals surface area contributed by atoms with Crippen LogP contribution in [-0.4, -0.2) is 35.0 Å². The first kappa shape index (κ1) is 24.8. The molecule has 172 valence electrons. The van der Waals surface area contributed by atoms with Gasteiger partial charge >= 0.3 is 18.4 Å². The largest absolute Gasteiger partial charge is 0.527 e. The van der Waals surface area contributed by atoms with E-state index < -0.39 is 25.0 Å². The predicted octanol–water partition coefficient (Wildman–Crippen LogP) is 6.41. The Kier molecular flexibility index (Phi) is 8.21. The second-order valence-corrected chi connectivity index (χ2v) is 6.81. The van der Waals surface area contributed by atoms with E-state index in [4.69, 9.17) is 0 Å². The lowest BCUT2D eigenvalue weighted by molar-refractivity contribution is -0.467. The fraction of sp³-hybridized carbons (Fsp3) is 0.500. The number of hydrogen-bond donors (Lipinski definition) is 0. The van der Waals surface area contributed by atoms with Crippen LogP contribution >= 0.6 is 0 Å². The topological polar surface area (TPSA) is 44.2 Å². The standard InChI is InChI=1S/C20H21F7N2O2/c1-2-3-4-5-6-14-11-28-17(29-12-14)15-7-9-16(10-8-15)30-13-18(21,22)19(23,24)31-20(25,26)27/h7-12H,2-6,13H2,1H3. The zero-order valence-corrected chi connectivity index (χ0v) is 16.6. The molecule has 0 saturated carbocycles. The molecule has 0 N–H and O–H groups in total. The summed E-state index contributed by atoms with van der Waals surface area (Å²) in [5.74, 6) is -5.10. The second-order valence-electron chi connectivity index (χ2n) is 6.81. The summed E-state index contributed by atoms with van der Waals surface area (Å²) in [5, 5.41) is 0. The maximum absolute atomic E-state index is 13.4. The zero-order valence-electron chi connectivity index (χ0n) is 16.6. The van der Waals surface area contributed by atoms with Crippen LogP contribution in [0.1, 0.15) is 38.2 Å². The minimum atomic E-state index is -5.93. The Morgan fingerprint density at radius 3 is 2.00 bits per heavy atom. The predicted molar refractivity (Wildman–Crippen MR) is 97.8 cm³/mol. The second kappa shape index (κ2) is 10.3. The first-order chi connectivity index (χ1) is 14.4. The van der Waals surface area contributed by atoms with Gasteiger partial charge in [0.25, 0.3) is 0 Å². The molecule has 0 atom stereocenters. The van der Waals surface area contributed by atoms with E-state index >= 15 is 0 Å². The van der Waals surface area contributed by atoms with Crippen LogP contribution in [0, 0.1) is 0 Å². The van der Waals surface area contributed by atoms with Gasteiger partial charge in [-0.2, -0.15) is 17.6 Å². The number of benzene rings is 1.